The second-order valence-electron chi connectivity index (χ2n) is 6.31. The van der Waals surface area contributed by atoms with Crippen LogP contribution in [0.1, 0.15) is 96.8 Å². The fourth-order valence-electron chi connectivity index (χ4n) is 2.58. The molecule has 0 spiro atoms. The largest absolute Gasteiger partial charge is 0.463 e. The minimum absolute atomic E-state index is 0.305. The van der Waals surface area contributed by atoms with Crippen molar-refractivity contribution in [1.29, 1.82) is 0 Å². The minimum atomic E-state index is -0.305. The molecule has 0 aromatic rings. The van der Waals surface area contributed by atoms with Crippen LogP contribution in [-0.4, -0.2) is 12.6 Å². The maximum Gasteiger partial charge on any atom is 0.330 e. The van der Waals surface area contributed by atoms with E-state index in [-0.39, 0.29) is 5.97 Å². The molecule has 2 heteroatoms. The Morgan fingerprint density at radius 1 is 0.783 bits per heavy atom. The average molecular weight is 323 g/mol. The molecule has 0 fully saturated rings. The van der Waals surface area contributed by atoms with Crippen LogP contribution in [0.25, 0.3) is 0 Å². The summed E-state index contributed by atoms with van der Waals surface area (Å²) in [6, 6.07) is 0. The molecule has 134 valence electrons. The van der Waals surface area contributed by atoms with Crippen LogP contribution in [0.15, 0.2) is 24.8 Å². The molecule has 0 bridgehead atoms. The van der Waals surface area contributed by atoms with Crippen LogP contribution in [-0.2, 0) is 9.53 Å². The summed E-state index contributed by atoms with van der Waals surface area (Å²) in [5, 5.41) is 0. The zero-order valence-corrected chi connectivity index (χ0v) is 15.4. The summed E-state index contributed by atoms with van der Waals surface area (Å²) in [6.45, 7) is 6.17. The van der Waals surface area contributed by atoms with Crippen molar-refractivity contribution in [2.75, 3.05) is 6.61 Å². The molecule has 0 aliphatic rings. The Balaban J connectivity index is 3.07. The Morgan fingerprint density at radius 2 is 1.26 bits per heavy atom. The number of rotatable bonds is 17. The van der Waals surface area contributed by atoms with E-state index in [2.05, 4.69) is 25.7 Å². The third kappa shape index (κ3) is 18.9. The zero-order valence-electron chi connectivity index (χ0n) is 15.4. The second-order valence-corrected chi connectivity index (χ2v) is 6.31. The average Bonchev–Trinajstić information content (AvgIpc) is 2.57. The van der Waals surface area contributed by atoms with Gasteiger partial charge in [-0.3, -0.25) is 0 Å². The van der Waals surface area contributed by atoms with Crippen LogP contribution in [0.4, 0.5) is 0 Å². The number of carbonyl (C=O) groups excluding carboxylic acids is 1. The predicted octanol–water partition coefficient (Wildman–Crippen LogP) is 6.75. The van der Waals surface area contributed by atoms with Gasteiger partial charge in [0.05, 0.1) is 6.61 Å². The van der Waals surface area contributed by atoms with E-state index in [1.165, 1.54) is 83.1 Å². The van der Waals surface area contributed by atoms with E-state index in [9.17, 15) is 4.79 Å². The summed E-state index contributed by atoms with van der Waals surface area (Å²) in [6.07, 6.45) is 24.0. The van der Waals surface area contributed by atoms with Gasteiger partial charge in [-0.25, -0.2) is 4.79 Å². The van der Waals surface area contributed by atoms with E-state index in [1.807, 2.05) is 0 Å². The molecule has 0 radical (unpaired) electrons. The van der Waals surface area contributed by atoms with Crippen LogP contribution in [0, 0.1) is 0 Å². The lowest BCUT2D eigenvalue weighted by atomic mass is 10.1. The van der Waals surface area contributed by atoms with Gasteiger partial charge in [0, 0.05) is 6.08 Å². The first-order valence-electron chi connectivity index (χ1n) is 9.75. The van der Waals surface area contributed by atoms with E-state index in [0.29, 0.717) is 6.61 Å². The standard InChI is InChI=1S/C21H38O2/c1-3-5-6-7-8-9-10-11-12-13-14-15-16-17-18-19-20-23-21(22)4-2/h4,8-9H,2-3,5-7,10-20H2,1H3/b9-8+. The maximum atomic E-state index is 10.8. The van der Waals surface area contributed by atoms with Gasteiger partial charge in [0.15, 0.2) is 0 Å². The molecular formula is C21H38O2. The van der Waals surface area contributed by atoms with Crippen LogP contribution < -0.4 is 0 Å². The molecule has 0 heterocycles. The van der Waals surface area contributed by atoms with Crippen molar-refractivity contribution in [2.24, 2.45) is 0 Å². The number of hydrogen-bond donors (Lipinski definition) is 0. The predicted molar refractivity (Wildman–Crippen MR) is 101 cm³/mol. The fourth-order valence-corrected chi connectivity index (χ4v) is 2.58. The van der Waals surface area contributed by atoms with E-state index in [0.717, 1.165) is 12.8 Å². The van der Waals surface area contributed by atoms with E-state index in [1.54, 1.807) is 0 Å². The quantitative estimate of drug-likeness (QED) is 0.128. The zero-order chi connectivity index (χ0) is 17.0. The number of hydrogen-bond acceptors (Lipinski definition) is 2. The first kappa shape index (κ1) is 21.9. The van der Waals surface area contributed by atoms with Gasteiger partial charge in [0.2, 0.25) is 0 Å². The summed E-state index contributed by atoms with van der Waals surface area (Å²) in [5.74, 6) is -0.305. The highest BCUT2D eigenvalue weighted by molar-refractivity contribution is 5.81. The highest BCUT2D eigenvalue weighted by atomic mass is 16.5. The summed E-state index contributed by atoms with van der Waals surface area (Å²) < 4.78 is 4.95. The molecular weight excluding hydrogens is 284 g/mol. The van der Waals surface area contributed by atoms with Gasteiger partial charge in [-0.2, -0.15) is 0 Å². The Morgan fingerprint density at radius 3 is 1.78 bits per heavy atom. The molecule has 0 saturated carbocycles. The number of ether oxygens (including phenoxy) is 1. The van der Waals surface area contributed by atoms with Gasteiger partial charge in [0.1, 0.15) is 0 Å². The molecule has 2 nitrogen and oxygen atoms in total. The van der Waals surface area contributed by atoms with Crippen molar-refractivity contribution in [3.8, 4) is 0 Å². The highest BCUT2D eigenvalue weighted by Crippen LogP contribution is 2.11. The second kappa shape index (κ2) is 19.0. The van der Waals surface area contributed by atoms with E-state index in [4.69, 9.17) is 4.74 Å². The van der Waals surface area contributed by atoms with Crippen molar-refractivity contribution in [2.45, 2.75) is 96.8 Å². The van der Waals surface area contributed by atoms with Crippen molar-refractivity contribution in [1.82, 2.24) is 0 Å². The molecule has 0 aliphatic heterocycles. The van der Waals surface area contributed by atoms with Gasteiger partial charge in [-0.05, 0) is 32.1 Å². The molecule has 0 aliphatic carbocycles. The summed E-state index contributed by atoms with van der Waals surface area (Å²) >= 11 is 0. The lowest BCUT2D eigenvalue weighted by Crippen LogP contribution is -2.01. The number of allylic oxidation sites excluding steroid dienone is 2. The van der Waals surface area contributed by atoms with Crippen LogP contribution >= 0.6 is 0 Å². The van der Waals surface area contributed by atoms with Crippen LogP contribution in [0.3, 0.4) is 0 Å². The van der Waals surface area contributed by atoms with Crippen LogP contribution in [0.5, 0.6) is 0 Å². The van der Waals surface area contributed by atoms with Crippen molar-refractivity contribution in [3.05, 3.63) is 24.8 Å². The molecule has 0 amide bonds. The highest BCUT2D eigenvalue weighted by Gasteiger charge is 1.96. The molecule has 0 rings (SSSR count). The van der Waals surface area contributed by atoms with Crippen molar-refractivity contribution in [3.63, 3.8) is 0 Å². The van der Waals surface area contributed by atoms with Gasteiger partial charge < -0.3 is 4.74 Å². The lowest BCUT2D eigenvalue weighted by molar-refractivity contribution is -0.137. The van der Waals surface area contributed by atoms with E-state index >= 15 is 0 Å². The molecule has 0 aromatic heterocycles. The third-order valence-electron chi connectivity index (χ3n) is 4.07. The molecule has 0 aromatic carbocycles. The number of carbonyl (C=O) groups is 1. The van der Waals surface area contributed by atoms with Crippen molar-refractivity contribution < 1.29 is 9.53 Å². The SMILES string of the molecule is C=CC(=O)OCCCCCCCCCCC/C=C/CCCCC. The maximum absolute atomic E-state index is 10.8. The number of unbranched alkanes of at least 4 members (excludes halogenated alkanes) is 12. The minimum Gasteiger partial charge on any atom is -0.463 e. The molecule has 0 atom stereocenters. The van der Waals surface area contributed by atoms with Crippen LogP contribution in [0.2, 0.25) is 0 Å². The lowest BCUT2D eigenvalue weighted by Gasteiger charge is -2.03. The number of esters is 1. The van der Waals surface area contributed by atoms with Gasteiger partial charge in [-0.1, -0.05) is 83.4 Å². The Labute approximate surface area is 144 Å². The molecule has 0 unspecified atom stereocenters. The Hall–Kier alpha value is -1.05. The summed E-state index contributed by atoms with van der Waals surface area (Å²) in [5.41, 5.74) is 0. The summed E-state index contributed by atoms with van der Waals surface area (Å²) in [4.78, 5) is 10.8. The molecule has 0 N–H and O–H groups in total. The topological polar surface area (TPSA) is 26.3 Å². The smallest absolute Gasteiger partial charge is 0.330 e. The Bertz CT molecular complexity index is 294. The molecule has 23 heavy (non-hydrogen) atoms. The van der Waals surface area contributed by atoms with Crippen molar-refractivity contribution >= 4 is 5.97 Å². The Kier molecular flexibility index (Phi) is 18.1. The van der Waals surface area contributed by atoms with Gasteiger partial charge in [0.25, 0.3) is 0 Å². The summed E-state index contributed by atoms with van der Waals surface area (Å²) in [7, 11) is 0. The normalized spacial score (nSPS) is 11.0. The first-order chi connectivity index (χ1) is 11.3. The first-order valence-corrected chi connectivity index (χ1v) is 9.75. The van der Waals surface area contributed by atoms with Gasteiger partial charge in [-0.15, -0.1) is 0 Å². The molecule has 0 saturated heterocycles. The van der Waals surface area contributed by atoms with Gasteiger partial charge >= 0.3 is 5.97 Å². The fraction of sp³-hybridized carbons (Fsp3) is 0.762. The monoisotopic (exact) mass is 322 g/mol. The third-order valence-corrected chi connectivity index (χ3v) is 4.07. The van der Waals surface area contributed by atoms with E-state index < -0.39 is 0 Å².